The number of hydrogen-bond donors (Lipinski definition) is 2. The van der Waals surface area contributed by atoms with Crippen LogP contribution in [0, 0.1) is 20.8 Å². The number of hydrogen-bond acceptors (Lipinski definition) is 7. The molecule has 0 radical (unpaired) electrons. The van der Waals surface area contributed by atoms with Gasteiger partial charge in [0.1, 0.15) is 5.82 Å². The van der Waals surface area contributed by atoms with E-state index in [0.29, 0.717) is 25.5 Å². The number of rotatable bonds is 4. The topological polar surface area (TPSA) is 130 Å². The number of nitrogens with two attached hydrogens (primary N) is 1. The van der Waals surface area contributed by atoms with Crippen LogP contribution in [0.3, 0.4) is 0 Å². The Bertz CT molecular complexity index is 837. The molecule has 0 spiro atoms. The summed E-state index contributed by atoms with van der Waals surface area (Å²) in [5.41, 5.74) is 9.93. The second-order valence-electron chi connectivity index (χ2n) is 6.97. The molecule has 3 rings (SSSR count). The van der Waals surface area contributed by atoms with Crippen LogP contribution in [-0.2, 0) is 23.1 Å². The van der Waals surface area contributed by atoms with Gasteiger partial charge in [-0.1, -0.05) is 0 Å². The highest BCUT2D eigenvalue weighted by molar-refractivity contribution is 5.76. The molecule has 2 aromatic heterocycles. The molecule has 1 amide bonds. The quantitative estimate of drug-likeness (QED) is 0.714. The molecule has 1 fully saturated rings. The maximum absolute atomic E-state index is 12.6. The summed E-state index contributed by atoms with van der Waals surface area (Å²) >= 11 is 0. The zero-order valence-corrected chi connectivity index (χ0v) is 17.4. The molecule has 10 nitrogen and oxygen atoms in total. The van der Waals surface area contributed by atoms with Crippen LogP contribution in [0.4, 0.5) is 11.8 Å². The molecule has 1 aliphatic heterocycles. The molecule has 0 aromatic carbocycles. The van der Waals surface area contributed by atoms with Crippen molar-refractivity contribution >= 4 is 24.1 Å². The second-order valence-corrected chi connectivity index (χ2v) is 6.97. The molecule has 0 saturated carbocycles. The van der Waals surface area contributed by atoms with E-state index in [1.807, 2.05) is 43.5 Å². The van der Waals surface area contributed by atoms with Crippen molar-refractivity contribution in [3.8, 4) is 0 Å². The second kappa shape index (κ2) is 9.85. The molecule has 2 aromatic rings. The van der Waals surface area contributed by atoms with Crippen LogP contribution in [-0.4, -0.2) is 68.3 Å². The fraction of sp³-hybridized carbons (Fsp3) is 0.526. The van der Waals surface area contributed by atoms with E-state index in [1.54, 1.807) is 0 Å². The summed E-state index contributed by atoms with van der Waals surface area (Å²) in [7, 11) is 1.94. The highest BCUT2D eigenvalue weighted by Gasteiger charge is 2.23. The Morgan fingerprint density at radius 1 is 1.21 bits per heavy atom. The van der Waals surface area contributed by atoms with Gasteiger partial charge in [-0.2, -0.15) is 10.1 Å². The van der Waals surface area contributed by atoms with Gasteiger partial charge < -0.3 is 20.6 Å². The monoisotopic (exact) mass is 403 g/mol. The lowest BCUT2D eigenvalue weighted by Crippen LogP contribution is -2.49. The van der Waals surface area contributed by atoms with E-state index in [1.165, 1.54) is 5.56 Å². The Morgan fingerprint density at radius 2 is 1.83 bits per heavy atom. The van der Waals surface area contributed by atoms with Crippen molar-refractivity contribution in [1.29, 1.82) is 0 Å². The van der Waals surface area contributed by atoms with E-state index in [0.717, 1.165) is 42.4 Å². The molecule has 0 aliphatic carbocycles. The number of piperazine rings is 1. The predicted molar refractivity (Wildman–Crippen MR) is 110 cm³/mol. The lowest BCUT2D eigenvalue weighted by atomic mass is 10.1. The van der Waals surface area contributed by atoms with Gasteiger partial charge >= 0.3 is 0 Å². The lowest BCUT2D eigenvalue weighted by Gasteiger charge is -2.35. The van der Waals surface area contributed by atoms with Crippen molar-refractivity contribution in [1.82, 2.24) is 24.6 Å². The Kier molecular flexibility index (Phi) is 7.52. The standard InChI is InChI=1S/C18H27N7O.CH2O2/c1-12-11-16(21-18(19)20-12)24-7-9-25(10-8-24)17(26)6-5-15-13(2)22-23(4)14(15)3;2-1-3/h11H,5-10H2,1-4H3,(H2,19,20,21);1H,(H,2,3). The number of nitrogen functional groups attached to an aromatic ring is 1. The lowest BCUT2D eigenvalue weighted by molar-refractivity contribution is -0.131. The van der Waals surface area contributed by atoms with Gasteiger partial charge in [0.25, 0.3) is 6.47 Å². The summed E-state index contributed by atoms with van der Waals surface area (Å²) in [6.45, 7) is 8.62. The largest absolute Gasteiger partial charge is 0.483 e. The highest BCUT2D eigenvalue weighted by Crippen LogP contribution is 2.18. The van der Waals surface area contributed by atoms with Crippen LogP contribution in [0.2, 0.25) is 0 Å². The summed E-state index contributed by atoms with van der Waals surface area (Å²) in [5, 5.41) is 11.3. The number of anilines is 2. The van der Waals surface area contributed by atoms with E-state index >= 15 is 0 Å². The fourth-order valence-corrected chi connectivity index (χ4v) is 3.49. The van der Waals surface area contributed by atoms with Crippen LogP contribution in [0.1, 0.15) is 29.1 Å². The third kappa shape index (κ3) is 5.66. The third-order valence-corrected chi connectivity index (χ3v) is 5.06. The van der Waals surface area contributed by atoms with Crippen LogP contribution < -0.4 is 10.6 Å². The van der Waals surface area contributed by atoms with Gasteiger partial charge in [-0.3, -0.25) is 14.3 Å². The van der Waals surface area contributed by atoms with E-state index in [2.05, 4.69) is 20.0 Å². The molecular formula is C19H29N7O3. The van der Waals surface area contributed by atoms with Crippen molar-refractivity contribution in [3.05, 3.63) is 28.7 Å². The zero-order chi connectivity index (χ0) is 21.6. The first kappa shape index (κ1) is 22.1. The molecule has 0 bridgehead atoms. The van der Waals surface area contributed by atoms with E-state index in [9.17, 15) is 4.79 Å². The third-order valence-electron chi connectivity index (χ3n) is 5.06. The van der Waals surface area contributed by atoms with Crippen molar-refractivity contribution in [2.45, 2.75) is 33.6 Å². The van der Waals surface area contributed by atoms with Gasteiger partial charge in [0, 0.05) is 57.1 Å². The molecule has 0 unspecified atom stereocenters. The maximum Gasteiger partial charge on any atom is 0.290 e. The molecule has 29 heavy (non-hydrogen) atoms. The first-order valence-electron chi connectivity index (χ1n) is 9.47. The molecular weight excluding hydrogens is 374 g/mol. The van der Waals surface area contributed by atoms with Gasteiger partial charge in [0.2, 0.25) is 11.9 Å². The minimum Gasteiger partial charge on any atom is -0.483 e. The van der Waals surface area contributed by atoms with Crippen LogP contribution in [0.5, 0.6) is 0 Å². The van der Waals surface area contributed by atoms with Crippen LogP contribution >= 0.6 is 0 Å². The Balaban J connectivity index is 0.000000941. The summed E-state index contributed by atoms with van der Waals surface area (Å²) < 4.78 is 1.88. The molecule has 1 saturated heterocycles. The van der Waals surface area contributed by atoms with Gasteiger partial charge in [-0.25, -0.2) is 4.98 Å². The summed E-state index contributed by atoms with van der Waals surface area (Å²) in [4.78, 5) is 33.5. The summed E-state index contributed by atoms with van der Waals surface area (Å²) in [6.07, 6.45) is 1.26. The van der Waals surface area contributed by atoms with E-state index in [-0.39, 0.29) is 12.4 Å². The number of carbonyl (C=O) groups is 2. The number of carboxylic acid groups (broad SMARTS) is 1. The normalized spacial score (nSPS) is 13.7. The van der Waals surface area contributed by atoms with Crippen LogP contribution in [0.15, 0.2) is 6.07 Å². The SMILES string of the molecule is Cc1cc(N2CCN(C(=O)CCc3c(C)nn(C)c3C)CC2)nc(N)n1.O=CO. The minimum atomic E-state index is -0.250. The van der Waals surface area contributed by atoms with Crippen molar-refractivity contribution in [2.75, 3.05) is 36.8 Å². The Labute approximate surface area is 170 Å². The van der Waals surface area contributed by atoms with Gasteiger partial charge in [0.15, 0.2) is 0 Å². The summed E-state index contributed by atoms with van der Waals surface area (Å²) in [5.74, 6) is 1.33. The molecule has 158 valence electrons. The van der Waals surface area contributed by atoms with Crippen molar-refractivity contribution in [3.63, 3.8) is 0 Å². The molecule has 0 atom stereocenters. The number of amides is 1. The first-order valence-corrected chi connectivity index (χ1v) is 9.47. The number of nitrogens with zero attached hydrogens (tertiary/aromatic N) is 6. The van der Waals surface area contributed by atoms with Crippen molar-refractivity contribution in [2.24, 2.45) is 7.05 Å². The number of aryl methyl sites for hydroxylation is 3. The van der Waals surface area contributed by atoms with Gasteiger partial charge in [0.05, 0.1) is 5.69 Å². The minimum absolute atomic E-state index is 0.200. The summed E-state index contributed by atoms with van der Waals surface area (Å²) in [6, 6.07) is 1.93. The molecule has 1 aliphatic rings. The average molecular weight is 403 g/mol. The maximum atomic E-state index is 12.6. The molecule has 3 N–H and O–H groups in total. The smallest absolute Gasteiger partial charge is 0.290 e. The van der Waals surface area contributed by atoms with E-state index < -0.39 is 0 Å². The fourth-order valence-electron chi connectivity index (χ4n) is 3.49. The first-order chi connectivity index (χ1) is 13.8. The average Bonchev–Trinajstić information content (AvgIpc) is 2.91. The highest BCUT2D eigenvalue weighted by atomic mass is 16.3. The van der Waals surface area contributed by atoms with Crippen molar-refractivity contribution < 1.29 is 14.7 Å². The van der Waals surface area contributed by atoms with E-state index in [4.69, 9.17) is 15.6 Å². The molecule has 10 heteroatoms. The predicted octanol–water partition coefficient (Wildman–Crippen LogP) is 0.700. The number of aromatic nitrogens is 4. The Morgan fingerprint density at radius 3 is 2.34 bits per heavy atom. The zero-order valence-electron chi connectivity index (χ0n) is 17.4. The van der Waals surface area contributed by atoms with Crippen LogP contribution in [0.25, 0.3) is 0 Å². The van der Waals surface area contributed by atoms with Gasteiger partial charge in [-0.05, 0) is 32.8 Å². The number of carbonyl (C=O) groups excluding carboxylic acids is 1. The van der Waals surface area contributed by atoms with Gasteiger partial charge in [-0.15, -0.1) is 0 Å². The molecule has 3 heterocycles. The Hall–Kier alpha value is -3.17.